The van der Waals surface area contributed by atoms with E-state index >= 15 is 0 Å². The number of fused-ring (bicyclic) bond motifs is 1. The van der Waals surface area contributed by atoms with Crippen molar-refractivity contribution in [3.05, 3.63) is 30.1 Å². The third-order valence-electron chi connectivity index (χ3n) is 4.51. The predicted octanol–water partition coefficient (Wildman–Crippen LogP) is 0.440. The van der Waals surface area contributed by atoms with E-state index in [9.17, 15) is 14.4 Å². The van der Waals surface area contributed by atoms with Crippen LogP contribution in [-0.2, 0) is 11.8 Å². The minimum atomic E-state index is -0.496. The van der Waals surface area contributed by atoms with Crippen molar-refractivity contribution in [2.75, 3.05) is 13.1 Å². The van der Waals surface area contributed by atoms with Gasteiger partial charge in [-0.05, 0) is 25.8 Å². The first kappa shape index (κ1) is 16.2. The molecule has 1 aromatic heterocycles. The summed E-state index contributed by atoms with van der Waals surface area (Å²) in [7, 11) is 1.72. The van der Waals surface area contributed by atoms with Crippen LogP contribution in [0.5, 0.6) is 0 Å². The highest BCUT2D eigenvalue weighted by atomic mass is 16.2. The number of hydrogen-bond donors (Lipinski definition) is 1. The quantitative estimate of drug-likeness (QED) is 0.640. The van der Waals surface area contributed by atoms with Crippen molar-refractivity contribution >= 4 is 17.8 Å². The van der Waals surface area contributed by atoms with Gasteiger partial charge in [0.15, 0.2) is 0 Å². The summed E-state index contributed by atoms with van der Waals surface area (Å²) in [6.07, 6.45) is 2.60. The summed E-state index contributed by atoms with van der Waals surface area (Å²) in [5, 5.41) is 7.12. The standard InChI is InChI=1S/C16H21N5O3/c1-4-6-21-15(23)13-9-11(5-7-20(13)16(21)24)17-14(22)12-8-10(2)18-19(12)3/h4,8,11,13H,1,5-7,9H2,2-3H3,(H,17,22). The van der Waals surface area contributed by atoms with Crippen molar-refractivity contribution in [1.82, 2.24) is 24.9 Å². The number of nitrogens with zero attached hydrogens (tertiary/aromatic N) is 4. The van der Waals surface area contributed by atoms with Crippen molar-refractivity contribution < 1.29 is 14.4 Å². The van der Waals surface area contributed by atoms with Crippen LogP contribution >= 0.6 is 0 Å². The molecule has 3 heterocycles. The molecule has 2 fully saturated rings. The molecule has 2 unspecified atom stereocenters. The number of nitrogens with one attached hydrogen (secondary N) is 1. The van der Waals surface area contributed by atoms with Crippen LogP contribution in [0.4, 0.5) is 4.79 Å². The Kier molecular flexibility index (Phi) is 4.13. The second-order valence-electron chi connectivity index (χ2n) is 6.22. The zero-order valence-electron chi connectivity index (χ0n) is 13.9. The van der Waals surface area contributed by atoms with E-state index in [2.05, 4.69) is 17.0 Å². The Labute approximate surface area is 140 Å². The molecular formula is C16H21N5O3. The highest BCUT2D eigenvalue weighted by molar-refractivity contribution is 6.04. The largest absolute Gasteiger partial charge is 0.348 e. The van der Waals surface area contributed by atoms with Crippen LogP contribution in [0.3, 0.4) is 0 Å². The van der Waals surface area contributed by atoms with Crippen LogP contribution in [0, 0.1) is 6.92 Å². The summed E-state index contributed by atoms with van der Waals surface area (Å²) in [6, 6.07) is 0.816. The lowest BCUT2D eigenvalue weighted by Crippen LogP contribution is -2.50. The van der Waals surface area contributed by atoms with Crippen LogP contribution in [0.1, 0.15) is 29.0 Å². The monoisotopic (exact) mass is 331 g/mol. The van der Waals surface area contributed by atoms with E-state index in [-0.39, 0.29) is 30.4 Å². The van der Waals surface area contributed by atoms with Gasteiger partial charge in [0.05, 0.1) is 5.69 Å². The summed E-state index contributed by atoms with van der Waals surface area (Å²) >= 11 is 0. The van der Waals surface area contributed by atoms with E-state index in [1.807, 2.05) is 6.92 Å². The van der Waals surface area contributed by atoms with Crippen LogP contribution in [-0.4, -0.2) is 62.6 Å². The molecule has 2 atom stereocenters. The first-order valence-electron chi connectivity index (χ1n) is 7.96. The van der Waals surface area contributed by atoms with Gasteiger partial charge in [-0.25, -0.2) is 4.79 Å². The minimum absolute atomic E-state index is 0.144. The average Bonchev–Trinajstić information content (AvgIpc) is 2.99. The Morgan fingerprint density at radius 1 is 1.50 bits per heavy atom. The first-order chi connectivity index (χ1) is 11.4. The topological polar surface area (TPSA) is 87.5 Å². The van der Waals surface area contributed by atoms with Gasteiger partial charge in [0.25, 0.3) is 11.8 Å². The molecular weight excluding hydrogens is 310 g/mol. The van der Waals surface area contributed by atoms with Gasteiger partial charge < -0.3 is 10.2 Å². The number of urea groups is 1. The van der Waals surface area contributed by atoms with Gasteiger partial charge in [-0.2, -0.15) is 5.10 Å². The average molecular weight is 331 g/mol. The molecule has 8 heteroatoms. The second kappa shape index (κ2) is 6.10. The van der Waals surface area contributed by atoms with E-state index in [0.29, 0.717) is 25.1 Å². The fourth-order valence-corrected chi connectivity index (χ4v) is 3.37. The number of hydrogen-bond acceptors (Lipinski definition) is 4. The number of amides is 4. The Bertz CT molecular complexity index is 711. The second-order valence-corrected chi connectivity index (χ2v) is 6.22. The SMILES string of the molecule is C=CCN1C(=O)C2CC(NC(=O)c3cc(C)nn3C)CCN2C1=O. The maximum absolute atomic E-state index is 12.4. The van der Waals surface area contributed by atoms with Crippen LogP contribution < -0.4 is 5.32 Å². The Morgan fingerprint density at radius 2 is 2.25 bits per heavy atom. The van der Waals surface area contributed by atoms with Gasteiger partial charge in [0, 0.05) is 26.2 Å². The van der Waals surface area contributed by atoms with Gasteiger partial charge in [-0.15, -0.1) is 6.58 Å². The third kappa shape index (κ3) is 2.68. The lowest BCUT2D eigenvalue weighted by atomic mass is 9.98. The van der Waals surface area contributed by atoms with Crippen molar-refractivity contribution in [2.24, 2.45) is 7.05 Å². The molecule has 0 bridgehead atoms. The number of piperidine rings is 1. The molecule has 1 aromatic rings. The highest BCUT2D eigenvalue weighted by Crippen LogP contribution is 2.27. The van der Waals surface area contributed by atoms with Crippen molar-refractivity contribution in [1.29, 1.82) is 0 Å². The van der Waals surface area contributed by atoms with Crippen LogP contribution in [0.2, 0.25) is 0 Å². The van der Waals surface area contributed by atoms with E-state index < -0.39 is 6.04 Å². The molecule has 1 N–H and O–H groups in total. The zero-order valence-corrected chi connectivity index (χ0v) is 13.9. The van der Waals surface area contributed by atoms with Crippen LogP contribution in [0.15, 0.2) is 18.7 Å². The fraction of sp³-hybridized carbons (Fsp3) is 0.500. The zero-order chi connectivity index (χ0) is 17.4. The van der Waals surface area contributed by atoms with E-state index in [1.165, 1.54) is 15.7 Å². The number of carbonyl (C=O) groups excluding carboxylic acids is 3. The lowest BCUT2D eigenvalue weighted by molar-refractivity contribution is -0.128. The molecule has 4 amide bonds. The van der Waals surface area contributed by atoms with Crippen LogP contribution in [0.25, 0.3) is 0 Å². The first-order valence-corrected chi connectivity index (χ1v) is 7.96. The normalized spacial score (nSPS) is 23.4. The van der Waals surface area contributed by atoms with E-state index in [0.717, 1.165) is 5.69 Å². The summed E-state index contributed by atoms with van der Waals surface area (Å²) in [5.41, 5.74) is 1.26. The molecule has 2 saturated heterocycles. The number of aromatic nitrogens is 2. The van der Waals surface area contributed by atoms with Crippen molar-refractivity contribution in [3.8, 4) is 0 Å². The molecule has 8 nitrogen and oxygen atoms in total. The molecule has 0 aliphatic carbocycles. The van der Waals surface area contributed by atoms with Gasteiger partial charge >= 0.3 is 6.03 Å². The molecule has 0 spiro atoms. The molecule has 2 aliphatic heterocycles. The molecule has 0 radical (unpaired) electrons. The Hall–Kier alpha value is -2.64. The third-order valence-corrected chi connectivity index (χ3v) is 4.51. The molecule has 2 aliphatic rings. The summed E-state index contributed by atoms with van der Waals surface area (Å²) in [6.45, 7) is 6.08. The van der Waals surface area contributed by atoms with Gasteiger partial charge in [0.1, 0.15) is 11.7 Å². The summed E-state index contributed by atoms with van der Waals surface area (Å²) < 4.78 is 1.54. The number of aryl methyl sites for hydroxylation is 2. The van der Waals surface area contributed by atoms with Gasteiger partial charge in [0.2, 0.25) is 0 Å². The minimum Gasteiger partial charge on any atom is -0.348 e. The molecule has 24 heavy (non-hydrogen) atoms. The maximum Gasteiger partial charge on any atom is 0.327 e. The van der Waals surface area contributed by atoms with E-state index in [4.69, 9.17) is 0 Å². The summed E-state index contributed by atoms with van der Waals surface area (Å²) in [4.78, 5) is 39.8. The predicted molar refractivity (Wildman–Crippen MR) is 86.2 cm³/mol. The smallest absolute Gasteiger partial charge is 0.327 e. The van der Waals surface area contributed by atoms with Crippen molar-refractivity contribution in [2.45, 2.75) is 31.8 Å². The maximum atomic E-state index is 12.4. The van der Waals surface area contributed by atoms with Gasteiger partial charge in [-0.1, -0.05) is 6.08 Å². The number of imide groups is 1. The Morgan fingerprint density at radius 3 is 2.88 bits per heavy atom. The molecule has 0 saturated carbocycles. The van der Waals surface area contributed by atoms with Gasteiger partial charge in [-0.3, -0.25) is 19.2 Å². The van der Waals surface area contributed by atoms with E-state index in [1.54, 1.807) is 18.0 Å². The molecule has 0 aromatic carbocycles. The fourth-order valence-electron chi connectivity index (χ4n) is 3.37. The summed E-state index contributed by atoms with van der Waals surface area (Å²) in [5.74, 6) is -0.425. The lowest BCUT2D eigenvalue weighted by Gasteiger charge is -2.32. The Balaban J connectivity index is 1.68. The molecule has 3 rings (SSSR count). The van der Waals surface area contributed by atoms with Crippen molar-refractivity contribution in [3.63, 3.8) is 0 Å². The molecule has 128 valence electrons. The number of rotatable bonds is 4. The highest BCUT2D eigenvalue weighted by Gasteiger charge is 2.47. The number of carbonyl (C=O) groups is 3.